The lowest BCUT2D eigenvalue weighted by Crippen LogP contribution is -2.51. The molecule has 2 aromatic heterocycles. The minimum atomic E-state index is -4.49. The number of anilines is 1. The third-order valence-corrected chi connectivity index (χ3v) is 5.92. The van der Waals surface area contributed by atoms with Crippen molar-refractivity contribution in [2.75, 3.05) is 18.4 Å². The van der Waals surface area contributed by atoms with Crippen molar-refractivity contribution in [1.82, 2.24) is 29.9 Å². The van der Waals surface area contributed by atoms with Crippen LogP contribution in [0.5, 0.6) is 0 Å². The first-order valence-electron chi connectivity index (χ1n) is 10.7. The molecule has 3 aromatic rings. The summed E-state index contributed by atoms with van der Waals surface area (Å²) in [5.74, 6) is 0.137. The summed E-state index contributed by atoms with van der Waals surface area (Å²) in [6.45, 7) is 4.83. The van der Waals surface area contributed by atoms with E-state index in [1.54, 1.807) is 18.5 Å². The van der Waals surface area contributed by atoms with E-state index in [0.717, 1.165) is 30.8 Å². The first-order chi connectivity index (χ1) is 15.8. The quantitative estimate of drug-likeness (QED) is 0.625. The Kier molecular flexibility index (Phi) is 6.30. The number of aromatic nitrogens is 5. The lowest BCUT2D eigenvalue weighted by molar-refractivity contribution is -0.138. The molecule has 0 saturated carbocycles. The molecular formula is C22H24F3N7O. The van der Waals surface area contributed by atoms with Crippen molar-refractivity contribution in [3.8, 4) is 5.69 Å². The van der Waals surface area contributed by atoms with E-state index >= 15 is 0 Å². The Morgan fingerprint density at radius 1 is 1.18 bits per heavy atom. The molecular weight excluding hydrogens is 435 g/mol. The molecule has 1 aliphatic heterocycles. The Bertz CT molecular complexity index is 1100. The van der Waals surface area contributed by atoms with Gasteiger partial charge in [0.2, 0.25) is 5.95 Å². The van der Waals surface area contributed by atoms with Crippen molar-refractivity contribution < 1.29 is 18.0 Å². The van der Waals surface area contributed by atoms with Gasteiger partial charge in [0.25, 0.3) is 5.91 Å². The van der Waals surface area contributed by atoms with Crippen LogP contribution in [0.25, 0.3) is 5.69 Å². The van der Waals surface area contributed by atoms with Gasteiger partial charge in [0, 0.05) is 25.5 Å². The molecule has 1 aliphatic rings. The predicted molar refractivity (Wildman–Crippen MR) is 115 cm³/mol. The molecule has 33 heavy (non-hydrogen) atoms. The van der Waals surface area contributed by atoms with Gasteiger partial charge < -0.3 is 10.2 Å². The molecule has 1 aromatic carbocycles. The molecule has 2 unspecified atom stereocenters. The van der Waals surface area contributed by atoms with Crippen molar-refractivity contribution >= 4 is 11.9 Å². The van der Waals surface area contributed by atoms with E-state index < -0.39 is 11.7 Å². The molecule has 3 heterocycles. The third-order valence-electron chi connectivity index (χ3n) is 5.92. The Balaban J connectivity index is 1.56. The molecule has 1 N–H and O–H groups in total. The summed E-state index contributed by atoms with van der Waals surface area (Å²) in [6.07, 6.45) is 1.91. The number of piperidine rings is 1. The summed E-state index contributed by atoms with van der Waals surface area (Å²) in [5.41, 5.74) is 1.03. The number of carbonyl (C=O) groups is 1. The lowest BCUT2D eigenvalue weighted by Gasteiger charge is -2.40. The van der Waals surface area contributed by atoms with Gasteiger partial charge in [-0.15, -0.1) is 0 Å². The van der Waals surface area contributed by atoms with E-state index in [4.69, 9.17) is 0 Å². The first-order valence-corrected chi connectivity index (χ1v) is 10.7. The van der Waals surface area contributed by atoms with E-state index in [1.807, 2.05) is 24.0 Å². The number of carbonyl (C=O) groups excluding carboxylic acids is 1. The number of aryl methyl sites for hydroxylation is 1. The number of hydrogen-bond donors (Lipinski definition) is 1. The number of benzene rings is 1. The van der Waals surface area contributed by atoms with Crippen LogP contribution in [0.3, 0.4) is 0 Å². The van der Waals surface area contributed by atoms with Crippen molar-refractivity contribution in [2.24, 2.45) is 5.92 Å². The number of hydrogen-bond acceptors (Lipinski definition) is 6. The Labute approximate surface area is 188 Å². The van der Waals surface area contributed by atoms with Gasteiger partial charge >= 0.3 is 6.18 Å². The van der Waals surface area contributed by atoms with Crippen LogP contribution in [0.1, 0.15) is 41.3 Å². The number of nitrogens with one attached hydrogen (secondary N) is 1. The van der Waals surface area contributed by atoms with Crippen molar-refractivity contribution in [1.29, 1.82) is 0 Å². The molecule has 174 valence electrons. The Hall–Kier alpha value is -3.50. The monoisotopic (exact) mass is 459 g/mol. The normalized spacial score (nSPS) is 18.9. The summed E-state index contributed by atoms with van der Waals surface area (Å²) in [4.78, 5) is 24.5. The highest BCUT2D eigenvalue weighted by molar-refractivity contribution is 5.99. The molecule has 1 amide bonds. The minimum absolute atomic E-state index is 0.0884. The molecule has 2 atom stereocenters. The maximum Gasteiger partial charge on any atom is 0.419 e. The second-order valence-electron chi connectivity index (χ2n) is 8.15. The highest BCUT2D eigenvalue weighted by atomic mass is 19.4. The van der Waals surface area contributed by atoms with E-state index in [1.165, 1.54) is 4.80 Å². The average Bonchev–Trinajstić information content (AvgIpc) is 3.32. The van der Waals surface area contributed by atoms with Gasteiger partial charge in [0.15, 0.2) is 0 Å². The average molecular weight is 459 g/mol. The van der Waals surface area contributed by atoms with Crippen LogP contribution in [-0.2, 0) is 6.18 Å². The summed E-state index contributed by atoms with van der Waals surface area (Å²) < 4.78 is 38.3. The third kappa shape index (κ3) is 4.81. The molecule has 0 spiro atoms. The van der Waals surface area contributed by atoms with Gasteiger partial charge in [-0.1, -0.05) is 19.1 Å². The van der Waals surface area contributed by atoms with Crippen LogP contribution in [0.15, 0.2) is 43.0 Å². The number of likely N-dealkylation sites (tertiary alicyclic amines) is 1. The van der Waals surface area contributed by atoms with Gasteiger partial charge in [-0.25, -0.2) is 9.97 Å². The van der Waals surface area contributed by atoms with E-state index in [9.17, 15) is 18.0 Å². The van der Waals surface area contributed by atoms with Crippen LogP contribution < -0.4 is 5.32 Å². The van der Waals surface area contributed by atoms with Gasteiger partial charge in [0.1, 0.15) is 0 Å². The van der Waals surface area contributed by atoms with Gasteiger partial charge in [-0.05, 0) is 37.3 Å². The van der Waals surface area contributed by atoms with Crippen LogP contribution in [0.4, 0.5) is 19.1 Å². The van der Waals surface area contributed by atoms with Gasteiger partial charge in [-0.3, -0.25) is 4.79 Å². The molecule has 4 rings (SSSR count). The predicted octanol–water partition coefficient (Wildman–Crippen LogP) is 3.74. The van der Waals surface area contributed by atoms with Crippen LogP contribution in [0.2, 0.25) is 0 Å². The maximum absolute atomic E-state index is 13.7. The zero-order valence-electron chi connectivity index (χ0n) is 18.3. The number of rotatable bonds is 5. The zero-order chi connectivity index (χ0) is 23.6. The van der Waals surface area contributed by atoms with E-state index in [2.05, 4.69) is 32.4 Å². The van der Waals surface area contributed by atoms with Gasteiger partial charge in [-0.2, -0.15) is 28.2 Å². The summed E-state index contributed by atoms with van der Waals surface area (Å²) in [7, 11) is 0. The number of alkyl halides is 3. The molecule has 1 fully saturated rings. The molecule has 1 saturated heterocycles. The number of nitrogens with zero attached hydrogens (tertiary/aromatic N) is 6. The van der Waals surface area contributed by atoms with Crippen molar-refractivity contribution in [3.63, 3.8) is 0 Å². The maximum atomic E-state index is 13.7. The fraction of sp³-hybridized carbons (Fsp3) is 0.409. The standard InChI is InChI=1S/C22H24F3N7O/c1-14-6-4-10-31(18(14)13-28-21-26-11-16(12-27-21)22(23,24)25)20(33)19-15(2)5-3-7-17(19)32-29-8-9-30-32/h3,5,7-9,11-12,14,18H,4,6,10,13H2,1-2H3,(H,26,27,28). The van der Waals surface area contributed by atoms with E-state index in [0.29, 0.717) is 24.3 Å². The summed E-state index contributed by atoms with van der Waals surface area (Å²) in [5, 5.41) is 11.4. The Morgan fingerprint density at radius 3 is 2.55 bits per heavy atom. The zero-order valence-corrected chi connectivity index (χ0v) is 18.3. The van der Waals surface area contributed by atoms with Crippen LogP contribution >= 0.6 is 0 Å². The SMILES string of the molecule is Cc1cccc(-n2nccn2)c1C(=O)N1CCCC(C)C1CNc1ncc(C(F)(F)F)cn1. The molecule has 8 nitrogen and oxygen atoms in total. The van der Waals surface area contributed by atoms with Gasteiger partial charge in [0.05, 0.1) is 35.2 Å². The Morgan fingerprint density at radius 2 is 1.88 bits per heavy atom. The van der Waals surface area contributed by atoms with Crippen LogP contribution in [-0.4, -0.2) is 54.9 Å². The van der Waals surface area contributed by atoms with E-state index in [-0.39, 0.29) is 23.8 Å². The van der Waals surface area contributed by atoms with Crippen LogP contribution in [0, 0.1) is 12.8 Å². The lowest BCUT2D eigenvalue weighted by atomic mass is 9.89. The topological polar surface area (TPSA) is 88.8 Å². The van der Waals surface area contributed by atoms with Crippen molar-refractivity contribution in [3.05, 3.63) is 59.7 Å². The first kappa shape index (κ1) is 22.7. The fourth-order valence-corrected chi connectivity index (χ4v) is 4.16. The minimum Gasteiger partial charge on any atom is -0.352 e. The molecule has 0 radical (unpaired) electrons. The van der Waals surface area contributed by atoms with Crippen molar-refractivity contribution in [2.45, 2.75) is 38.9 Å². The summed E-state index contributed by atoms with van der Waals surface area (Å²) in [6, 6.07) is 5.34. The number of amides is 1. The molecule has 11 heteroatoms. The summed E-state index contributed by atoms with van der Waals surface area (Å²) >= 11 is 0. The number of halogens is 3. The largest absolute Gasteiger partial charge is 0.419 e. The smallest absolute Gasteiger partial charge is 0.352 e. The highest BCUT2D eigenvalue weighted by Crippen LogP contribution is 2.29. The second kappa shape index (κ2) is 9.16. The second-order valence-corrected chi connectivity index (χ2v) is 8.15. The molecule has 0 bridgehead atoms. The highest BCUT2D eigenvalue weighted by Gasteiger charge is 2.35. The molecule has 0 aliphatic carbocycles. The fourth-order valence-electron chi connectivity index (χ4n) is 4.16.